The maximum absolute atomic E-state index is 14.0. The molecule has 284 valence electrons. The fraction of sp³-hybridized carbons (Fsp3) is 0.472. The summed E-state index contributed by atoms with van der Waals surface area (Å²) in [7, 11) is 4.99. The van der Waals surface area contributed by atoms with Crippen molar-refractivity contribution in [3.8, 4) is 5.75 Å². The Hall–Kier alpha value is -4.96. The molecule has 0 aliphatic carbocycles. The summed E-state index contributed by atoms with van der Waals surface area (Å²) in [4.78, 5) is 90.8. The Morgan fingerprint density at radius 3 is 2.06 bits per heavy atom. The van der Waals surface area contributed by atoms with Crippen molar-refractivity contribution in [2.75, 3.05) is 58.8 Å². The quantitative estimate of drug-likeness (QED) is 0.0673. The first-order valence-corrected chi connectivity index (χ1v) is 18.0. The molecule has 0 aromatic heterocycles. The number of carbonyl (C=O) groups excluding carboxylic acids is 7. The molecule has 3 atom stereocenters. The standard InChI is InChI=1S/C36H51N7O8S/c1-24(2)33(35(50)37-15-17-44)41-30(46)21-39-32(48)23-52-18-16-38-34(49)29(20-25-9-7-6-8-10-25)43(5)36(51)28(40-31(47)22-42(3)4)19-26-11-13-27(45)14-12-26/h6-14,17,24,28-29,33,45H,15-16,18-23H2,1-5H3,(H,37,50)(H,38,49)(H,39,48)(H,40,47)(H,41,46)/t28-,29?,33?/m0/s1. The van der Waals surface area contributed by atoms with Crippen LogP contribution in [-0.4, -0.2) is 134 Å². The zero-order valence-electron chi connectivity index (χ0n) is 30.3. The summed E-state index contributed by atoms with van der Waals surface area (Å²) < 4.78 is 0. The monoisotopic (exact) mass is 741 g/mol. The molecule has 0 aliphatic rings. The van der Waals surface area contributed by atoms with Gasteiger partial charge < -0.3 is 46.3 Å². The van der Waals surface area contributed by atoms with Crippen LogP contribution in [0.1, 0.15) is 25.0 Å². The number of carbonyl (C=O) groups is 7. The molecule has 0 fully saturated rings. The highest BCUT2D eigenvalue weighted by Gasteiger charge is 2.32. The molecular weight excluding hydrogens is 691 g/mol. The summed E-state index contributed by atoms with van der Waals surface area (Å²) in [6.07, 6.45) is 0.884. The van der Waals surface area contributed by atoms with Gasteiger partial charge in [-0.05, 0) is 43.3 Å². The summed E-state index contributed by atoms with van der Waals surface area (Å²) in [6.45, 7) is 3.21. The maximum atomic E-state index is 14.0. The summed E-state index contributed by atoms with van der Waals surface area (Å²) in [5.74, 6) is -2.53. The van der Waals surface area contributed by atoms with E-state index in [1.165, 1.54) is 35.8 Å². The molecule has 0 spiro atoms. The number of phenolic OH excluding ortho intramolecular Hbond substituents is 1. The van der Waals surface area contributed by atoms with Gasteiger partial charge in [-0.25, -0.2) is 0 Å². The third-order valence-electron chi connectivity index (χ3n) is 7.71. The van der Waals surface area contributed by atoms with Crippen LogP contribution in [0.2, 0.25) is 0 Å². The Labute approximate surface area is 309 Å². The van der Waals surface area contributed by atoms with Crippen molar-refractivity contribution in [3.05, 3.63) is 65.7 Å². The molecule has 0 bridgehead atoms. The van der Waals surface area contributed by atoms with Crippen molar-refractivity contribution in [1.29, 1.82) is 0 Å². The van der Waals surface area contributed by atoms with E-state index in [1.807, 2.05) is 30.3 Å². The van der Waals surface area contributed by atoms with E-state index >= 15 is 0 Å². The third kappa shape index (κ3) is 15.9. The SMILES string of the molecule is CC(C)C(NC(=O)CNC(=O)CSCCNC(=O)C(Cc1ccccc1)N(C)C(=O)[C@H](Cc1ccc(O)cc1)NC(=O)CN(C)C)C(=O)NCC=O. The molecule has 2 aromatic carbocycles. The molecule has 0 heterocycles. The summed E-state index contributed by atoms with van der Waals surface area (Å²) in [6, 6.07) is 12.8. The lowest BCUT2D eigenvalue weighted by molar-refractivity contribution is -0.141. The molecule has 0 saturated carbocycles. The lowest BCUT2D eigenvalue weighted by atomic mass is 10.0. The lowest BCUT2D eigenvalue weighted by Gasteiger charge is -2.31. The second kappa shape index (κ2) is 22.8. The molecule has 0 radical (unpaired) electrons. The maximum Gasteiger partial charge on any atom is 0.245 e. The topological polar surface area (TPSA) is 206 Å². The number of phenols is 1. The average Bonchev–Trinajstić information content (AvgIpc) is 3.10. The van der Waals surface area contributed by atoms with E-state index in [0.717, 1.165) is 5.56 Å². The minimum atomic E-state index is -0.986. The Bertz CT molecular complexity index is 1490. The van der Waals surface area contributed by atoms with Gasteiger partial charge in [0, 0.05) is 32.2 Å². The third-order valence-corrected chi connectivity index (χ3v) is 8.67. The Balaban J connectivity index is 2.00. The Morgan fingerprint density at radius 2 is 1.44 bits per heavy atom. The number of thioether (sulfide) groups is 1. The van der Waals surface area contributed by atoms with Gasteiger partial charge in [0.15, 0.2) is 0 Å². The number of likely N-dealkylation sites (N-methyl/N-ethyl adjacent to an activating group) is 2. The number of amides is 6. The molecule has 15 nitrogen and oxygen atoms in total. The number of rotatable bonds is 22. The van der Waals surface area contributed by atoms with Crippen LogP contribution < -0.4 is 26.6 Å². The van der Waals surface area contributed by atoms with Crippen molar-refractivity contribution in [1.82, 2.24) is 36.4 Å². The Kier molecular flexibility index (Phi) is 18.9. The molecule has 6 N–H and O–H groups in total. The zero-order valence-corrected chi connectivity index (χ0v) is 31.2. The molecule has 0 saturated heterocycles. The van der Waals surface area contributed by atoms with E-state index < -0.39 is 47.7 Å². The van der Waals surface area contributed by atoms with E-state index in [4.69, 9.17) is 0 Å². The number of nitrogens with one attached hydrogen (secondary N) is 5. The van der Waals surface area contributed by atoms with Gasteiger partial charge in [-0.15, -0.1) is 0 Å². The second-order valence-electron chi connectivity index (χ2n) is 12.7. The van der Waals surface area contributed by atoms with Gasteiger partial charge in [0.1, 0.15) is 30.2 Å². The molecular formula is C36H51N7O8S. The van der Waals surface area contributed by atoms with Crippen LogP contribution in [0.5, 0.6) is 5.75 Å². The fourth-order valence-corrected chi connectivity index (χ4v) is 5.69. The number of nitrogens with zero attached hydrogens (tertiary/aromatic N) is 2. The number of benzene rings is 2. The summed E-state index contributed by atoms with van der Waals surface area (Å²) >= 11 is 1.23. The van der Waals surface area contributed by atoms with Crippen molar-refractivity contribution in [2.24, 2.45) is 5.92 Å². The van der Waals surface area contributed by atoms with Crippen LogP contribution in [0, 0.1) is 5.92 Å². The van der Waals surface area contributed by atoms with Crippen molar-refractivity contribution in [2.45, 2.75) is 44.8 Å². The van der Waals surface area contributed by atoms with Gasteiger partial charge in [0.05, 0.1) is 25.4 Å². The molecule has 2 rings (SSSR count). The molecule has 2 unspecified atom stereocenters. The van der Waals surface area contributed by atoms with Crippen LogP contribution in [0.4, 0.5) is 0 Å². The van der Waals surface area contributed by atoms with Crippen LogP contribution in [0.3, 0.4) is 0 Å². The number of aldehydes is 1. The summed E-state index contributed by atoms with van der Waals surface area (Å²) in [5.41, 5.74) is 1.53. The van der Waals surface area contributed by atoms with Gasteiger partial charge in [0.2, 0.25) is 35.4 Å². The van der Waals surface area contributed by atoms with Gasteiger partial charge in [0.25, 0.3) is 0 Å². The number of hydrogen-bond donors (Lipinski definition) is 6. The van der Waals surface area contributed by atoms with Crippen LogP contribution >= 0.6 is 11.8 Å². The van der Waals surface area contributed by atoms with Gasteiger partial charge in [-0.2, -0.15) is 11.8 Å². The molecule has 0 aliphatic heterocycles. The van der Waals surface area contributed by atoms with E-state index in [9.17, 15) is 38.7 Å². The molecule has 52 heavy (non-hydrogen) atoms. The van der Waals surface area contributed by atoms with E-state index in [2.05, 4.69) is 26.6 Å². The minimum absolute atomic E-state index is 0.00794. The average molecular weight is 742 g/mol. The molecule has 16 heteroatoms. The summed E-state index contributed by atoms with van der Waals surface area (Å²) in [5, 5.41) is 22.8. The van der Waals surface area contributed by atoms with Gasteiger partial charge in [-0.3, -0.25) is 28.8 Å². The largest absolute Gasteiger partial charge is 0.508 e. The predicted molar refractivity (Wildman–Crippen MR) is 198 cm³/mol. The van der Waals surface area contributed by atoms with Crippen LogP contribution in [-0.2, 0) is 46.4 Å². The highest BCUT2D eigenvalue weighted by Crippen LogP contribution is 2.15. The van der Waals surface area contributed by atoms with E-state index in [1.54, 1.807) is 45.0 Å². The van der Waals surface area contributed by atoms with E-state index in [0.29, 0.717) is 17.6 Å². The second-order valence-corrected chi connectivity index (χ2v) is 13.8. The lowest BCUT2D eigenvalue weighted by Crippen LogP contribution is -2.56. The number of aromatic hydroxyl groups is 1. The molecule has 6 amide bonds. The van der Waals surface area contributed by atoms with Gasteiger partial charge in [-0.1, -0.05) is 56.3 Å². The fourth-order valence-electron chi connectivity index (χ4n) is 5.01. The normalized spacial score (nSPS) is 12.6. The zero-order chi connectivity index (χ0) is 38.6. The minimum Gasteiger partial charge on any atom is -0.508 e. The van der Waals surface area contributed by atoms with Gasteiger partial charge >= 0.3 is 0 Å². The first-order chi connectivity index (χ1) is 24.7. The highest BCUT2D eigenvalue weighted by molar-refractivity contribution is 7.99. The number of hydrogen-bond acceptors (Lipinski definition) is 10. The molecule has 2 aromatic rings. The van der Waals surface area contributed by atoms with Crippen LogP contribution in [0.25, 0.3) is 0 Å². The Morgan fingerprint density at radius 1 is 0.788 bits per heavy atom. The first kappa shape index (κ1) is 43.2. The van der Waals surface area contributed by atoms with E-state index in [-0.39, 0.29) is 62.3 Å². The smallest absolute Gasteiger partial charge is 0.245 e. The van der Waals surface area contributed by atoms with Crippen molar-refractivity contribution >= 4 is 53.5 Å². The first-order valence-electron chi connectivity index (χ1n) is 16.9. The predicted octanol–water partition coefficient (Wildman–Crippen LogP) is -0.528. The van der Waals surface area contributed by atoms with Crippen LogP contribution in [0.15, 0.2) is 54.6 Å². The van der Waals surface area contributed by atoms with Crippen molar-refractivity contribution in [3.63, 3.8) is 0 Å². The van der Waals surface area contributed by atoms with Crippen molar-refractivity contribution < 1.29 is 38.7 Å². The highest BCUT2D eigenvalue weighted by atomic mass is 32.2.